The van der Waals surface area contributed by atoms with E-state index in [1.807, 2.05) is 18.7 Å². The SMILES string of the molecule is CC[C@H](C)NC(=O)NC1CCN(C2=NS(=O)(=O)C(c3cccc(Cl)c3)=C2C)CC1. The molecule has 7 nitrogen and oxygen atoms in total. The lowest BCUT2D eigenvalue weighted by Gasteiger charge is -2.34. The van der Waals surface area contributed by atoms with Gasteiger partial charge in [0.1, 0.15) is 10.7 Å². The van der Waals surface area contributed by atoms with Gasteiger partial charge < -0.3 is 15.5 Å². The van der Waals surface area contributed by atoms with Crippen LogP contribution in [0.25, 0.3) is 4.91 Å². The minimum atomic E-state index is -3.77. The van der Waals surface area contributed by atoms with E-state index < -0.39 is 10.0 Å². The lowest BCUT2D eigenvalue weighted by atomic mass is 10.0. The van der Waals surface area contributed by atoms with Crippen LogP contribution >= 0.6 is 11.6 Å². The van der Waals surface area contributed by atoms with E-state index in [4.69, 9.17) is 11.6 Å². The molecule has 1 fully saturated rings. The molecule has 158 valence electrons. The summed E-state index contributed by atoms with van der Waals surface area (Å²) in [7, 11) is -3.77. The van der Waals surface area contributed by atoms with Crippen LogP contribution in [0.4, 0.5) is 4.79 Å². The van der Waals surface area contributed by atoms with Gasteiger partial charge in [-0.05, 0) is 50.8 Å². The highest BCUT2D eigenvalue weighted by Gasteiger charge is 2.35. The Morgan fingerprint density at radius 3 is 2.66 bits per heavy atom. The first-order valence-electron chi connectivity index (χ1n) is 9.85. The molecule has 0 bridgehead atoms. The molecule has 29 heavy (non-hydrogen) atoms. The van der Waals surface area contributed by atoms with Crippen LogP contribution in [-0.4, -0.2) is 50.4 Å². The normalized spacial score (nSPS) is 20.4. The van der Waals surface area contributed by atoms with Crippen LogP contribution in [0, 0.1) is 0 Å². The summed E-state index contributed by atoms with van der Waals surface area (Å²) in [5, 5.41) is 6.39. The predicted octanol–water partition coefficient (Wildman–Crippen LogP) is 3.38. The van der Waals surface area contributed by atoms with Gasteiger partial charge in [0.25, 0.3) is 10.0 Å². The van der Waals surface area contributed by atoms with Crippen molar-refractivity contribution in [2.75, 3.05) is 13.1 Å². The third-order valence-electron chi connectivity index (χ3n) is 5.35. The highest BCUT2D eigenvalue weighted by Crippen LogP contribution is 2.35. The van der Waals surface area contributed by atoms with Crippen molar-refractivity contribution in [1.82, 2.24) is 15.5 Å². The summed E-state index contributed by atoms with van der Waals surface area (Å²) in [4.78, 5) is 14.2. The smallest absolute Gasteiger partial charge is 0.315 e. The summed E-state index contributed by atoms with van der Waals surface area (Å²) >= 11 is 6.04. The second-order valence-corrected chi connectivity index (χ2v) is 9.52. The maximum absolute atomic E-state index is 12.7. The maximum Gasteiger partial charge on any atom is 0.315 e. The zero-order chi connectivity index (χ0) is 21.2. The molecule has 1 aromatic rings. The first-order valence-corrected chi connectivity index (χ1v) is 11.7. The van der Waals surface area contributed by atoms with E-state index >= 15 is 0 Å². The van der Waals surface area contributed by atoms with E-state index in [1.165, 1.54) is 0 Å². The van der Waals surface area contributed by atoms with Crippen LogP contribution in [0.1, 0.15) is 45.6 Å². The molecule has 0 aromatic heterocycles. The van der Waals surface area contributed by atoms with Crippen molar-refractivity contribution in [1.29, 1.82) is 0 Å². The van der Waals surface area contributed by atoms with Gasteiger partial charge in [-0.25, -0.2) is 4.79 Å². The summed E-state index contributed by atoms with van der Waals surface area (Å²) in [6, 6.07) is 6.84. The lowest BCUT2D eigenvalue weighted by molar-refractivity contribution is 0.223. The van der Waals surface area contributed by atoms with Crippen molar-refractivity contribution in [3.8, 4) is 0 Å². The molecule has 1 saturated heterocycles. The van der Waals surface area contributed by atoms with Crippen molar-refractivity contribution < 1.29 is 13.2 Å². The Labute approximate surface area is 177 Å². The third kappa shape index (κ3) is 4.93. The summed E-state index contributed by atoms with van der Waals surface area (Å²) in [5.41, 5.74) is 1.18. The summed E-state index contributed by atoms with van der Waals surface area (Å²) < 4.78 is 29.4. The number of benzene rings is 1. The number of hydrogen-bond donors (Lipinski definition) is 2. The Hall–Kier alpha value is -2.06. The van der Waals surface area contributed by atoms with Crippen molar-refractivity contribution in [3.63, 3.8) is 0 Å². The van der Waals surface area contributed by atoms with Gasteiger partial charge in [-0.3, -0.25) is 0 Å². The fourth-order valence-corrected chi connectivity index (χ4v) is 5.27. The number of piperidine rings is 1. The van der Waals surface area contributed by atoms with Crippen molar-refractivity contribution in [3.05, 3.63) is 40.4 Å². The number of urea groups is 1. The number of carbonyl (C=O) groups excluding carboxylic acids is 1. The molecule has 2 aliphatic heterocycles. The standard InChI is InChI=1S/C20H27ClN4O3S/c1-4-13(2)22-20(26)23-17-8-10-25(11-9-17)19-14(3)18(29(27,28)24-19)15-6-5-7-16(21)12-15/h5-7,12-13,17H,4,8-11H2,1-3H3,(H2,22,23,26)/t13-/m0/s1. The molecule has 1 aromatic carbocycles. The number of likely N-dealkylation sites (tertiary alicyclic amines) is 1. The molecule has 0 radical (unpaired) electrons. The monoisotopic (exact) mass is 438 g/mol. The molecular weight excluding hydrogens is 412 g/mol. The fourth-order valence-electron chi connectivity index (χ4n) is 3.60. The predicted molar refractivity (Wildman–Crippen MR) is 116 cm³/mol. The van der Waals surface area contributed by atoms with Gasteiger partial charge >= 0.3 is 6.03 Å². The van der Waals surface area contributed by atoms with Gasteiger partial charge in [0, 0.05) is 35.8 Å². The van der Waals surface area contributed by atoms with E-state index in [9.17, 15) is 13.2 Å². The molecule has 2 amide bonds. The van der Waals surface area contributed by atoms with E-state index in [0.29, 0.717) is 35.1 Å². The summed E-state index contributed by atoms with van der Waals surface area (Å²) in [5.74, 6) is 0.488. The third-order valence-corrected chi connectivity index (χ3v) is 7.05. The Bertz CT molecular complexity index is 950. The number of carbonyl (C=O) groups is 1. The van der Waals surface area contributed by atoms with Gasteiger partial charge in [-0.15, -0.1) is 4.40 Å². The van der Waals surface area contributed by atoms with Crippen molar-refractivity contribution in [2.24, 2.45) is 4.40 Å². The quantitative estimate of drug-likeness (QED) is 0.753. The van der Waals surface area contributed by atoms with Crippen LogP contribution in [0.5, 0.6) is 0 Å². The second-order valence-electron chi connectivity index (χ2n) is 7.54. The Kier molecular flexibility index (Phi) is 6.53. The Morgan fingerprint density at radius 2 is 2.03 bits per heavy atom. The topological polar surface area (TPSA) is 90.9 Å². The maximum atomic E-state index is 12.7. The molecule has 0 aliphatic carbocycles. The molecule has 1 atom stereocenters. The van der Waals surface area contributed by atoms with Crippen LogP contribution in [-0.2, 0) is 10.0 Å². The molecule has 9 heteroatoms. The van der Waals surface area contributed by atoms with Crippen molar-refractivity contribution in [2.45, 2.75) is 52.1 Å². The molecule has 0 spiro atoms. The molecule has 3 rings (SSSR count). The number of hydrogen-bond acceptors (Lipinski definition) is 4. The molecule has 2 heterocycles. The lowest BCUT2D eigenvalue weighted by Crippen LogP contribution is -2.50. The van der Waals surface area contributed by atoms with Crippen LogP contribution < -0.4 is 10.6 Å². The average Bonchev–Trinajstić information content (AvgIpc) is 2.91. The number of sulfonamides is 1. The van der Waals surface area contributed by atoms with E-state index in [2.05, 4.69) is 15.0 Å². The van der Waals surface area contributed by atoms with E-state index in [-0.39, 0.29) is 23.0 Å². The number of rotatable bonds is 4. The average molecular weight is 439 g/mol. The minimum absolute atomic E-state index is 0.0607. The van der Waals surface area contributed by atoms with Gasteiger partial charge in [-0.2, -0.15) is 8.42 Å². The summed E-state index contributed by atoms with van der Waals surface area (Å²) in [6.07, 6.45) is 2.33. The number of nitrogens with zero attached hydrogens (tertiary/aromatic N) is 2. The first kappa shape index (κ1) is 21.6. The van der Waals surface area contributed by atoms with Gasteiger partial charge in [0.2, 0.25) is 0 Å². The molecule has 0 unspecified atom stereocenters. The molecule has 2 aliphatic rings. The van der Waals surface area contributed by atoms with Gasteiger partial charge in [-0.1, -0.05) is 30.7 Å². The zero-order valence-electron chi connectivity index (χ0n) is 16.9. The molecular formula is C20H27ClN4O3S. The zero-order valence-corrected chi connectivity index (χ0v) is 18.5. The number of amides is 2. The number of halogens is 1. The van der Waals surface area contributed by atoms with E-state index in [0.717, 1.165) is 19.3 Å². The number of amidine groups is 1. The van der Waals surface area contributed by atoms with Gasteiger partial charge in [0.15, 0.2) is 0 Å². The van der Waals surface area contributed by atoms with Crippen LogP contribution in [0.2, 0.25) is 5.02 Å². The highest BCUT2D eigenvalue weighted by atomic mass is 35.5. The first-order chi connectivity index (χ1) is 13.7. The Morgan fingerprint density at radius 1 is 1.34 bits per heavy atom. The van der Waals surface area contributed by atoms with Crippen LogP contribution in [0.15, 0.2) is 34.2 Å². The highest BCUT2D eigenvalue weighted by molar-refractivity contribution is 8.00. The van der Waals surface area contributed by atoms with Gasteiger partial charge in [0.05, 0.1) is 0 Å². The molecule has 0 saturated carbocycles. The minimum Gasteiger partial charge on any atom is -0.356 e. The Balaban J connectivity index is 1.69. The largest absolute Gasteiger partial charge is 0.356 e. The van der Waals surface area contributed by atoms with E-state index in [1.54, 1.807) is 31.2 Å². The summed E-state index contributed by atoms with van der Waals surface area (Å²) in [6.45, 7) is 7.02. The number of nitrogens with one attached hydrogen (secondary N) is 2. The molecule has 2 N–H and O–H groups in total. The van der Waals surface area contributed by atoms with Crippen LogP contribution in [0.3, 0.4) is 0 Å². The second kappa shape index (κ2) is 8.75. The van der Waals surface area contributed by atoms with Crippen molar-refractivity contribution >= 4 is 38.4 Å². The fraction of sp³-hybridized carbons (Fsp3) is 0.500.